The lowest BCUT2D eigenvalue weighted by Gasteiger charge is -2.39. The number of carbonyl (C=O) groups is 1. The Morgan fingerprint density at radius 3 is 2.70 bits per heavy atom. The third-order valence-electron chi connectivity index (χ3n) is 5.42. The molecule has 30 heavy (non-hydrogen) atoms. The van der Waals surface area contributed by atoms with E-state index in [1.165, 1.54) is 11.1 Å². The number of hydrogen-bond acceptors (Lipinski definition) is 6. The van der Waals surface area contributed by atoms with Crippen molar-refractivity contribution in [3.05, 3.63) is 60.3 Å². The molecular weight excluding hydrogens is 380 g/mol. The Morgan fingerprint density at radius 2 is 2.13 bits per heavy atom. The number of hydrogen-bond donors (Lipinski definition) is 3. The van der Waals surface area contributed by atoms with Crippen molar-refractivity contribution in [3.8, 4) is 0 Å². The van der Waals surface area contributed by atoms with Crippen molar-refractivity contribution in [2.75, 3.05) is 19.4 Å². The fourth-order valence-electron chi connectivity index (χ4n) is 3.76. The van der Waals surface area contributed by atoms with Crippen molar-refractivity contribution in [1.82, 2.24) is 14.8 Å². The fourth-order valence-corrected chi connectivity index (χ4v) is 3.76. The number of amides is 1. The van der Waals surface area contributed by atoms with Crippen molar-refractivity contribution in [2.24, 2.45) is 10.7 Å². The topological polar surface area (TPSA) is 107 Å². The number of carbonyl (C=O) groups excluding carboxylic acids is 1. The average Bonchev–Trinajstić information content (AvgIpc) is 3.06. The molecule has 4 N–H and O–H groups in total. The zero-order valence-electron chi connectivity index (χ0n) is 17.8. The number of nitrogens with zero attached hydrogens (tertiary/aromatic N) is 4. The number of aliphatic imine (C=N–C) groups is 1. The van der Waals surface area contributed by atoms with Crippen LogP contribution in [0.15, 0.2) is 65.3 Å². The van der Waals surface area contributed by atoms with Crippen LogP contribution >= 0.6 is 0 Å². The Hall–Kier alpha value is -3.13. The van der Waals surface area contributed by atoms with E-state index in [2.05, 4.69) is 21.9 Å². The van der Waals surface area contributed by atoms with E-state index in [1.807, 2.05) is 30.0 Å². The van der Waals surface area contributed by atoms with Gasteiger partial charge in [-0.1, -0.05) is 12.6 Å². The highest BCUT2D eigenvalue weighted by atomic mass is 16.3. The summed E-state index contributed by atoms with van der Waals surface area (Å²) in [5.74, 6) is 1.46. The molecule has 1 saturated carbocycles. The molecule has 1 fully saturated rings. The predicted octanol–water partition coefficient (Wildman–Crippen LogP) is 2.19. The van der Waals surface area contributed by atoms with Crippen molar-refractivity contribution in [3.63, 3.8) is 0 Å². The number of nitrogens with two attached hydrogens (primary N) is 1. The van der Waals surface area contributed by atoms with E-state index in [-0.39, 0.29) is 11.9 Å². The number of anilines is 1. The van der Waals surface area contributed by atoms with Gasteiger partial charge in [-0.05, 0) is 50.8 Å². The van der Waals surface area contributed by atoms with Crippen LogP contribution in [0.5, 0.6) is 0 Å². The maximum absolute atomic E-state index is 12.9. The molecule has 1 amide bonds. The molecule has 1 aliphatic heterocycles. The predicted molar refractivity (Wildman–Crippen MR) is 118 cm³/mol. The lowest BCUT2D eigenvalue weighted by Crippen LogP contribution is -2.46. The van der Waals surface area contributed by atoms with Crippen molar-refractivity contribution in [2.45, 2.75) is 44.2 Å². The highest BCUT2D eigenvalue weighted by Crippen LogP contribution is 2.36. The molecule has 8 nitrogen and oxygen atoms in total. The minimum absolute atomic E-state index is 0.0271. The molecule has 1 aromatic heterocycles. The number of aromatic nitrogens is 1. The van der Waals surface area contributed by atoms with Gasteiger partial charge in [-0.25, -0.2) is 9.98 Å². The Labute approximate surface area is 177 Å². The second-order valence-corrected chi connectivity index (χ2v) is 8.17. The van der Waals surface area contributed by atoms with Gasteiger partial charge in [0, 0.05) is 38.1 Å². The first-order chi connectivity index (χ1) is 14.2. The Balaban J connectivity index is 1.94. The monoisotopic (exact) mass is 410 g/mol. The van der Waals surface area contributed by atoms with Crippen LogP contribution in [0.1, 0.15) is 32.6 Å². The second-order valence-electron chi connectivity index (χ2n) is 8.17. The zero-order chi connectivity index (χ0) is 21.9. The van der Waals surface area contributed by atoms with Gasteiger partial charge in [-0.3, -0.25) is 4.79 Å². The Kier molecular flexibility index (Phi) is 6.26. The van der Waals surface area contributed by atoms with Gasteiger partial charge in [-0.2, -0.15) is 0 Å². The SMILES string of the molecule is C=C(/N=C1\C(=C/N)C=C(C(=O)N(C)C)N1C1CCC(C)(O)CC1)Nc1ccccn1. The third-order valence-corrected chi connectivity index (χ3v) is 5.42. The van der Waals surface area contributed by atoms with Crippen LogP contribution in [0, 0.1) is 0 Å². The number of rotatable bonds is 5. The third kappa shape index (κ3) is 4.71. The maximum atomic E-state index is 12.9. The van der Waals surface area contributed by atoms with Crippen molar-refractivity contribution < 1.29 is 9.90 Å². The summed E-state index contributed by atoms with van der Waals surface area (Å²) in [6, 6.07) is 5.54. The van der Waals surface area contributed by atoms with Crippen LogP contribution < -0.4 is 11.1 Å². The average molecular weight is 411 g/mol. The number of amidine groups is 1. The van der Waals surface area contributed by atoms with Crippen LogP contribution in [0.25, 0.3) is 0 Å². The molecule has 0 saturated heterocycles. The summed E-state index contributed by atoms with van der Waals surface area (Å²) in [7, 11) is 3.44. The van der Waals surface area contributed by atoms with Gasteiger partial charge < -0.3 is 26.0 Å². The fraction of sp³-hybridized carbons (Fsp3) is 0.409. The summed E-state index contributed by atoms with van der Waals surface area (Å²) in [5, 5.41) is 13.4. The molecule has 0 unspecified atom stereocenters. The summed E-state index contributed by atoms with van der Waals surface area (Å²) in [6.07, 6.45) is 7.68. The molecule has 160 valence electrons. The quantitative estimate of drug-likeness (QED) is 0.687. The first-order valence-electron chi connectivity index (χ1n) is 10.0. The van der Waals surface area contributed by atoms with Crippen LogP contribution in [-0.4, -0.2) is 57.4 Å². The molecule has 0 atom stereocenters. The molecule has 0 bridgehead atoms. The molecule has 2 aliphatic rings. The van der Waals surface area contributed by atoms with Gasteiger partial charge in [-0.15, -0.1) is 0 Å². The largest absolute Gasteiger partial charge is 0.404 e. The number of pyridine rings is 1. The molecule has 1 aromatic rings. The van der Waals surface area contributed by atoms with E-state index in [1.54, 1.807) is 26.4 Å². The Morgan fingerprint density at radius 1 is 1.43 bits per heavy atom. The minimum Gasteiger partial charge on any atom is -0.404 e. The van der Waals surface area contributed by atoms with Gasteiger partial charge in [0.25, 0.3) is 5.91 Å². The first kappa shape index (κ1) is 21.6. The summed E-state index contributed by atoms with van der Waals surface area (Å²) in [6.45, 7) is 5.85. The second kappa shape index (κ2) is 8.71. The highest BCUT2D eigenvalue weighted by molar-refractivity contribution is 6.12. The molecule has 3 rings (SSSR count). The maximum Gasteiger partial charge on any atom is 0.270 e. The number of likely N-dealkylation sites (N-methyl/N-ethyl adjacent to an activating group) is 1. The highest BCUT2D eigenvalue weighted by Gasteiger charge is 2.40. The van der Waals surface area contributed by atoms with Crippen LogP contribution in [0.4, 0.5) is 5.82 Å². The van der Waals surface area contributed by atoms with E-state index in [9.17, 15) is 9.90 Å². The molecular formula is C22H30N6O2. The van der Waals surface area contributed by atoms with Gasteiger partial charge in [0.05, 0.1) is 5.60 Å². The van der Waals surface area contributed by atoms with Crippen LogP contribution in [0.3, 0.4) is 0 Å². The van der Waals surface area contributed by atoms with Gasteiger partial charge in [0.15, 0.2) is 0 Å². The lowest BCUT2D eigenvalue weighted by atomic mass is 9.83. The van der Waals surface area contributed by atoms with Crippen LogP contribution in [0.2, 0.25) is 0 Å². The zero-order valence-corrected chi connectivity index (χ0v) is 17.8. The molecule has 0 spiro atoms. The molecule has 0 radical (unpaired) electrons. The number of aliphatic hydroxyl groups is 1. The number of nitrogens with one attached hydrogen (secondary N) is 1. The summed E-state index contributed by atoms with van der Waals surface area (Å²) >= 11 is 0. The van der Waals surface area contributed by atoms with E-state index in [4.69, 9.17) is 5.73 Å². The molecule has 2 heterocycles. The first-order valence-corrected chi connectivity index (χ1v) is 10.0. The van der Waals surface area contributed by atoms with E-state index in [0.717, 1.165) is 12.8 Å². The lowest BCUT2D eigenvalue weighted by molar-refractivity contribution is -0.126. The summed E-state index contributed by atoms with van der Waals surface area (Å²) < 4.78 is 0. The van der Waals surface area contributed by atoms with Gasteiger partial charge >= 0.3 is 0 Å². The Bertz CT molecular complexity index is 891. The van der Waals surface area contributed by atoms with Crippen molar-refractivity contribution in [1.29, 1.82) is 0 Å². The summed E-state index contributed by atoms with van der Waals surface area (Å²) in [4.78, 5) is 25.3. The van der Waals surface area contributed by atoms with Gasteiger partial charge in [0.2, 0.25) is 0 Å². The normalized spacial score (nSPS) is 26.6. The molecule has 1 aliphatic carbocycles. The summed E-state index contributed by atoms with van der Waals surface area (Å²) in [5.41, 5.74) is 6.38. The van der Waals surface area contributed by atoms with Crippen LogP contribution in [-0.2, 0) is 4.79 Å². The van der Waals surface area contributed by atoms with E-state index in [0.29, 0.717) is 41.6 Å². The van der Waals surface area contributed by atoms with Gasteiger partial charge in [0.1, 0.15) is 23.2 Å². The van der Waals surface area contributed by atoms with E-state index >= 15 is 0 Å². The minimum atomic E-state index is -0.681. The molecule has 0 aromatic carbocycles. The van der Waals surface area contributed by atoms with E-state index < -0.39 is 5.60 Å². The standard InChI is InChI=1S/C22H30N6O2/c1-15(25-19-7-5-6-12-24-19)26-20-16(14-23)13-18(21(29)27(3)4)28(20)17-8-10-22(2,30)11-9-17/h5-7,12-14,17,30H,1,8-11,23H2,2-4H3,(H,24,25)/b16-14-,26-20+. The smallest absolute Gasteiger partial charge is 0.270 e. The van der Waals surface area contributed by atoms with Crippen molar-refractivity contribution >= 4 is 17.6 Å². The molecule has 8 heteroatoms.